The molecule has 1 aliphatic heterocycles. The number of aliphatic carboxylic acids is 1. The van der Waals surface area contributed by atoms with Gasteiger partial charge in [-0.25, -0.2) is 4.79 Å². The third kappa shape index (κ3) is 2.75. The predicted octanol–water partition coefficient (Wildman–Crippen LogP) is 1.08. The van der Waals surface area contributed by atoms with E-state index in [2.05, 4.69) is 4.98 Å². The lowest BCUT2D eigenvalue weighted by atomic mass is 9.97. The normalized spacial score (nSPS) is 20.1. The zero-order valence-corrected chi connectivity index (χ0v) is 12.0. The van der Waals surface area contributed by atoms with Crippen LogP contribution in [0.3, 0.4) is 0 Å². The third-order valence-electron chi connectivity index (χ3n) is 3.95. The molecule has 20 heavy (non-hydrogen) atoms. The summed E-state index contributed by atoms with van der Waals surface area (Å²) in [6.45, 7) is 7.00. The molecule has 0 spiro atoms. The number of carboxylic acids is 1. The van der Waals surface area contributed by atoms with Gasteiger partial charge in [0, 0.05) is 36.0 Å². The molecule has 1 saturated heterocycles. The van der Waals surface area contributed by atoms with Gasteiger partial charge in [-0.15, -0.1) is 0 Å². The van der Waals surface area contributed by atoms with Crippen LogP contribution in [0.25, 0.3) is 0 Å². The summed E-state index contributed by atoms with van der Waals surface area (Å²) >= 11 is 0. The molecule has 0 radical (unpaired) electrons. The van der Waals surface area contributed by atoms with E-state index in [9.17, 15) is 14.7 Å². The van der Waals surface area contributed by atoms with Crippen LogP contribution in [0.15, 0.2) is 4.79 Å². The highest BCUT2D eigenvalue weighted by molar-refractivity contribution is 5.76. The van der Waals surface area contributed by atoms with Gasteiger partial charge in [0.25, 0.3) is 0 Å². The fraction of sp³-hybridized carbons (Fsp3) is 0.643. The van der Waals surface area contributed by atoms with Crippen LogP contribution in [0.2, 0.25) is 0 Å². The van der Waals surface area contributed by atoms with Crippen LogP contribution in [0.1, 0.15) is 36.2 Å². The van der Waals surface area contributed by atoms with Gasteiger partial charge in [0.1, 0.15) is 0 Å². The SMILES string of the molecule is Cc1nc(=O)n(CC2CCOC2)c(C)c1C(C)C(=O)O. The van der Waals surface area contributed by atoms with E-state index < -0.39 is 11.9 Å². The fourth-order valence-corrected chi connectivity index (χ4v) is 2.77. The van der Waals surface area contributed by atoms with E-state index in [0.717, 1.165) is 13.0 Å². The molecule has 6 nitrogen and oxygen atoms in total. The van der Waals surface area contributed by atoms with Crippen LogP contribution in [-0.2, 0) is 16.1 Å². The second kappa shape index (κ2) is 5.75. The van der Waals surface area contributed by atoms with E-state index in [1.165, 1.54) is 0 Å². The number of carboxylic acid groups (broad SMARTS) is 1. The smallest absolute Gasteiger partial charge is 0.347 e. The van der Waals surface area contributed by atoms with Crippen LogP contribution in [-0.4, -0.2) is 33.8 Å². The summed E-state index contributed by atoms with van der Waals surface area (Å²) in [6, 6.07) is 0. The Balaban J connectivity index is 2.43. The fourth-order valence-electron chi connectivity index (χ4n) is 2.77. The maximum absolute atomic E-state index is 12.1. The van der Waals surface area contributed by atoms with Crippen molar-refractivity contribution in [2.45, 2.75) is 39.7 Å². The molecule has 0 bridgehead atoms. The lowest BCUT2D eigenvalue weighted by Gasteiger charge is -2.19. The maximum Gasteiger partial charge on any atom is 0.347 e. The highest BCUT2D eigenvalue weighted by Crippen LogP contribution is 2.22. The Hall–Kier alpha value is -1.69. The molecule has 2 heterocycles. The van der Waals surface area contributed by atoms with Crippen molar-refractivity contribution in [2.24, 2.45) is 5.92 Å². The maximum atomic E-state index is 12.1. The van der Waals surface area contributed by atoms with Gasteiger partial charge >= 0.3 is 11.7 Å². The summed E-state index contributed by atoms with van der Waals surface area (Å²) in [5.74, 6) is -1.29. The van der Waals surface area contributed by atoms with E-state index in [-0.39, 0.29) is 5.69 Å². The van der Waals surface area contributed by atoms with E-state index >= 15 is 0 Å². The van der Waals surface area contributed by atoms with E-state index in [0.29, 0.717) is 36.0 Å². The quantitative estimate of drug-likeness (QED) is 0.892. The van der Waals surface area contributed by atoms with Gasteiger partial charge in [0.05, 0.1) is 12.5 Å². The summed E-state index contributed by atoms with van der Waals surface area (Å²) in [4.78, 5) is 27.2. The highest BCUT2D eigenvalue weighted by atomic mass is 16.5. The van der Waals surface area contributed by atoms with Crippen molar-refractivity contribution in [1.82, 2.24) is 9.55 Å². The minimum absolute atomic E-state index is 0.295. The number of aromatic nitrogens is 2. The van der Waals surface area contributed by atoms with Crippen molar-refractivity contribution >= 4 is 5.97 Å². The molecular formula is C14H20N2O4. The van der Waals surface area contributed by atoms with Gasteiger partial charge in [0.15, 0.2) is 0 Å². The highest BCUT2D eigenvalue weighted by Gasteiger charge is 2.24. The lowest BCUT2D eigenvalue weighted by molar-refractivity contribution is -0.138. The molecule has 0 aromatic carbocycles. The Morgan fingerprint density at radius 3 is 2.80 bits per heavy atom. The molecule has 1 aliphatic rings. The minimum atomic E-state index is -0.910. The largest absolute Gasteiger partial charge is 0.481 e. The van der Waals surface area contributed by atoms with Crippen LogP contribution >= 0.6 is 0 Å². The molecule has 2 atom stereocenters. The van der Waals surface area contributed by atoms with Crippen molar-refractivity contribution in [3.8, 4) is 0 Å². The summed E-state index contributed by atoms with van der Waals surface area (Å²) in [6.07, 6.45) is 0.920. The van der Waals surface area contributed by atoms with Gasteiger partial charge in [-0.3, -0.25) is 9.36 Å². The number of hydrogen-bond donors (Lipinski definition) is 1. The minimum Gasteiger partial charge on any atom is -0.481 e. The zero-order valence-electron chi connectivity index (χ0n) is 12.0. The molecule has 1 aromatic rings. The molecule has 1 N–H and O–H groups in total. The molecule has 2 rings (SSSR count). The van der Waals surface area contributed by atoms with E-state index in [1.54, 1.807) is 25.3 Å². The average Bonchev–Trinajstić information content (AvgIpc) is 2.86. The zero-order chi connectivity index (χ0) is 14.9. The molecule has 0 amide bonds. The van der Waals surface area contributed by atoms with Crippen LogP contribution < -0.4 is 5.69 Å². The molecule has 0 saturated carbocycles. The third-order valence-corrected chi connectivity index (χ3v) is 3.95. The predicted molar refractivity (Wildman–Crippen MR) is 72.9 cm³/mol. The first-order chi connectivity index (χ1) is 9.41. The van der Waals surface area contributed by atoms with Crippen molar-refractivity contribution in [2.75, 3.05) is 13.2 Å². The number of ether oxygens (including phenoxy) is 1. The summed E-state index contributed by atoms with van der Waals surface area (Å²) < 4.78 is 6.90. The Labute approximate surface area is 117 Å². The number of nitrogens with zero attached hydrogens (tertiary/aromatic N) is 2. The molecule has 2 unspecified atom stereocenters. The number of hydrogen-bond acceptors (Lipinski definition) is 4. The second-order valence-electron chi connectivity index (χ2n) is 5.38. The summed E-state index contributed by atoms with van der Waals surface area (Å²) in [5, 5.41) is 9.19. The van der Waals surface area contributed by atoms with Crippen LogP contribution in [0.4, 0.5) is 0 Å². The van der Waals surface area contributed by atoms with E-state index in [4.69, 9.17) is 4.74 Å². The van der Waals surface area contributed by atoms with Crippen molar-refractivity contribution in [1.29, 1.82) is 0 Å². The van der Waals surface area contributed by atoms with Crippen molar-refractivity contribution in [3.05, 3.63) is 27.4 Å². The molecule has 0 aliphatic carbocycles. The van der Waals surface area contributed by atoms with Gasteiger partial charge in [-0.05, 0) is 27.2 Å². The first kappa shape index (κ1) is 14.7. The van der Waals surface area contributed by atoms with Gasteiger partial charge in [0.2, 0.25) is 0 Å². The topological polar surface area (TPSA) is 81.4 Å². The summed E-state index contributed by atoms with van der Waals surface area (Å²) in [5.41, 5.74) is 1.52. The molecule has 6 heteroatoms. The second-order valence-corrected chi connectivity index (χ2v) is 5.38. The number of carbonyl (C=O) groups is 1. The Morgan fingerprint density at radius 2 is 2.25 bits per heavy atom. The first-order valence-electron chi connectivity index (χ1n) is 6.80. The Bertz CT molecular complexity index is 573. The number of aryl methyl sites for hydroxylation is 1. The van der Waals surface area contributed by atoms with Crippen LogP contribution in [0.5, 0.6) is 0 Å². The Kier molecular flexibility index (Phi) is 4.23. The summed E-state index contributed by atoms with van der Waals surface area (Å²) in [7, 11) is 0. The van der Waals surface area contributed by atoms with Crippen molar-refractivity contribution in [3.63, 3.8) is 0 Å². The monoisotopic (exact) mass is 280 g/mol. The lowest BCUT2D eigenvalue weighted by Crippen LogP contribution is -2.31. The van der Waals surface area contributed by atoms with Gasteiger partial charge < -0.3 is 9.84 Å². The molecule has 1 aromatic heterocycles. The van der Waals surface area contributed by atoms with Gasteiger partial charge in [-0.2, -0.15) is 4.98 Å². The van der Waals surface area contributed by atoms with Crippen LogP contribution in [0, 0.1) is 19.8 Å². The average molecular weight is 280 g/mol. The molecule has 1 fully saturated rings. The molecule has 110 valence electrons. The van der Waals surface area contributed by atoms with Gasteiger partial charge in [-0.1, -0.05) is 0 Å². The van der Waals surface area contributed by atoms with Crippen molar-refractivity contribution < 1.29 is 14.6 Å². The van der Waals surface area contributed by atoms with E-state index in [1.807, 2.05) is 0 Å². The molecular weight excluding hydrogens is 260 g/mol. The number of rotatable bonds is 4. The Morgan fingerprint density at radius 1 is 1.55 bits per heavy atom. The first-order valence-corrected chi connectivity index (χ1v) is 6.80. The standard InChI is InChI=1S/C14H20N2O4/c1-8(13(17)18)12-9(2)15-14(19)16(10(12)3)6-11-4-5-20-7-11/h8,11H,4-7H2,1-3H3,(H,17,18).